The number of carboxylic acid groups (broad SMARTS) is 1. The fourth-order valence-electron chi connectivity index (χ4n) is 3.23. The Balaban J connectivity index is 2.26. The van der Waals surface area contributed by atoms with Gasteiger partial charge in [0.25, 0.3) is 0 Å². The van der Waals surface area contributed by atoms with Crippen LogP contribution in [0.25, 0.3) is 0 Å². The first kappa shape index (κ1) is 17.8. The van der Waals surface area contributed by atoms with Gasteiger partial charge in [-0.25, -0.2) is 0 Å². The molecule has 1 N–H and O–H groups in total. The minimum atomic E-state index is -2.42. The molecule has 0 radical (unpaired) electrons. The predicted octanol–water partition coefficient (Wildman–Crippen LogP) is 3.87. The van der Waals surface area contributed by atoms with E-state index in [1.807, 2.05) is 24.3 Å². The van der Waals surface area contributed by atoms with Crippen LogP contribution in [0.15, 0.2) is 115 Å². The third kappa shape index (κ3) is 3.82. The quantitative estimate of drug-likeness (QED) is 0.412. The summed E-state index contributed by atoms with van der Waals surface area (Å²) in [5.74, 6) is 1.26. The Morgan fingerprint density at radius 1 is 0.654 bits per heavy atom. The van der Waals surface area contributed by atoms with Crippen LogP contribution >= 0.6 is 7.26 Å². The molecule has 0 aliphatic carbocycles. The van der Waals surface area contributed by atoms with Gasteiger partial charge in [-0.3, -0.25) is 0 Å². The Morgan fingerprint density at radius 3 is 1.38 bits per heavy atom. The van der Waals surface area contributed by atoms with Crippen LogP contribution in [0, 0.1) is 0 Å². The average molecular weight is 360 g/mol. The number of aliphatic carboxylic acids is 1. The summed E-state index contributed by atoms with van der Waals surface area (Å²) in [5, 5.41) is 12.7. The molecule has 3 aromatic rings. The molecule has 0 amide bonds. The summed E-state index contributed by atoms with van der Waals surface area (Å²) in [6, 6.07) is 31.4. The first-order chi connectivity index (χ1) is 12.7. The zero-order valence-electron chi connectivity index (χ0n) is 14.3. The molecule has 0 atom stereocenters. The molecule has 0 bridgehead atoms. The molecular formula is C23H21O2P. The maximum atomic E-state index is 10.8. The number of carboxylic acids is 1. The van der Waals surface area contributed by atoms with Crippen LogP contribution in [-0.2, 0) is 4.79 Å². The Labute approximate surface area is 154 Å². The van der Waals surface area contributed by atoms with E-state index in [9.17, 15) is 4.79 Å². The Hall–Kier alpha value is -2.96. The van der Waals surface area contributed by atoms with E-state index < -0.39 is 13.2 Å². The molecule has 0 aliphatic rings. The summed E-state index contributed by atoms with van der Waals surface area (Å²) in [4.78, 5) is 10.8. The molecule has 3 rings (SSSR count). The molecule has 0 spiro atoms. The van der Waals surface area contributed by atoms with Gasteiger partial charge >= 0.3 is 154 Å². The number of benzene rings is 3. The fraction of sp³-hybridized carbons (Fsp3) is 0. The van der Waals surface area contributed by atoms with Gasteiger partial charge in [0, 0.05) is 0 Å². The van der Waals surface area contributed by atoms with Crippen molar-refractivity contribution < 1.29 is 9.90 Å². The third-order valence-electron chi connectivity index (χ3n) is 4.38. The van der Waals surface area contributed by atoms with Crippen molar-refractivity contribution in [2.45, 2.75) is 0 Å². The van der Waals surface area contributed by atoms with E-state index >= 15 is 0 Å². The summed E-state index contributed by atoms with van der Waals surface area (Å²) in [6.45, 7) is 0. The molecule has 130 valence electrons. The summed E-state index contributed by atoms with van der Waals surface area (Å²) in [6.07, 6.45) is 4.63. The Kier molecular flexibility index (Phi) is 5.78. The fourth-order valence-corrected chi connectivity index (χ4v) is 7.36. The van der Waals surface area contributed by atoms with Crippen LogP contribution in [0.3, 0.4) is 0 Å². The van der Waals surface area contributed by atoms with E-state index in [1.165, 1.54) is 15.9 Å². The van der Waals surface area contributed by atoms with Crippen molar-refractivity contribution in [3.63, 3.8) is 0 Å². The molecule has 3 aromatic carbocycles. The molecule has 0 saturated heterocycles. The van der Waals surface area contributed by atoms with Gasteiger partial charge in [-0.15, -0.1) is 0 Å². The molecule has 0 fully saturated rings. The van der Waals surface area contributed by atoms with E-state index in [1.54, 1.807) is 6.08 Å². The SMILES string of the molecule is O=C(O)C=CC=C[PH](c1ccccc1)(c1ccccc1)c1ccccc1. The summed E-state index contributed by atoms with van der Waals surface area (Å²) in [7, 11) is -2.42. The Morgan fingerprint density at radius 2 is 1.04 bits per heavy atom. The van der Waals surface area contributed by atoms with Crippen LogP contribution in [0.5, 0.6) is 0 Å². The van der Waals surface area contributed by atoms with E-state index in [2.05, 4.69) is 78.6 Å². The van der Waals surface area contributed by atoms with Gasteiger partial charge in [-0.2, -0.15) is 0 Å². The molecule has 0 saturated carbocycles. The first-order valence-corrected chi connectivity index (χ1v) is 10.6. The van der Waals surface area contributed by atoms with Gasteiger partial charge < -0.3 is 0 Å². The van der Waals surface area contributed by atoms with Gasteiger partial charge in [0.05, 0.1) is 0 Å². The van der Waals surface area contributed by atoms with Gasteiger partial charge in [-0.05, 0) is 0 Å². The van der Waals surface area contributed by atoms with Crippen LogP contribution in [0.1, 0.15) is 0 Å². The van der Waals surface area contributed by atoms with Crippen LogP contribution in [0.4, 0.5) is 0 Å². The summed E-state index contributed by atoms with van der Waals surface area (Å²) in [5.41, 5.74) is 0. The van der Waals surface area contributed by atoms with Gasteiger partial charge in [0.1, 0.15) is 0 Å². The van der Waals surface area contributed by atoms with E-state index in [4.69, 9.17) is 5.11 Å². The van der Waals surface area contributed by atoms with Crippen molar-refractivity contribution in [2.24, 2.45) is 0 Å². The predicted molar refractivity (Wildman–Crippen MR) is 112 cm³/mol. The van der Waals surface area contributed by atoms with E-state index in [0.29, 0.717) is 0 Å². The second-order valence-corrected chi connectivity index (χ2v) is 9.64. The van der Waals surface area contributed by atoms with Crippen molar-refractivity contribution in [3.05, 3.63) is 115 Å². The molecular weight excluding hydrogens is 339 g/mol. The van der Waals surface area contributed by atoms with Crippen molar-refractivity contribution in [2.75, 3.05) is 0 Å². The first-order valence-electron chi connectivity index (χ1n) is 8.49. The topological polar surface area (TPSA) is 37.3 Å². The number of rotatable bonds is 6. The van der Waals surface area contributed by atoms with Crippen molar-refractivity contribution >= 4 is 29.1 Å². The van der Waals surface area contributed by atoms with Crippen LogP contribution in [-0.4, -0.2) is 11.1 Å². The van der Waals surface area contributed by atoms with Crippen molar-refractivity contribution in [1.82, 2.24) is 0 Å². The number of carbonyl (C=O) groups is 1. The molecule has 3 heteroatoms. The molecule has 0 heterocycles. The number of allylic oxidation sites excluding steroid dienone is 2. The van der Waals surface area contributed by atoms with Crippen LogP contribution in [0.2, 0.25) is 0 Å². The average Bonchev–Trinajstić information content (AvgIpc) is 2.70. The van der Waals surface area contributed by atoms with Crippen LogP contribution < -0.4 is 15.9 Å². The maximum absolute atomic E-state index is 10.8. The molecule has 2 nitrogen and oxygen atoms in total. The monoisotopic (exact) mass is 360 g/mol. The minimum absolute atomic E-state index is 0.943. The molecule has 26 heavy (non-hydrogen) atoms. The molecule has 0 aliphatic heterocycles. The van der Waals surface area contributed by atoms with Crippen molar-refractivity contribution in [1.29, 1.82) is 0 Å². The third-order valence-corrected chi connectivity index (χ3v) is 8.81. The van der Waals surface area contributed by atoms with Gasteiger partial charge in [0.15, 0.2) is 0 Å². The number of hydrogen-bond acceptors (Lipinski definition) is 1. The van der Waals surface area contributed by atoms with Gasteiger partial charge in [0.2, 0.25) is 0 Å². The molecule has 0 unspecified atom stereocenters. The van der Waals surface area contributed by atoms with E-state index in [0.717, 1.165) is 6.08 Å². The second-order valence-electron chi connectivity index (χ2n) is 5.96. The summed E-state index contributed by atoms with van der Waals surface area (Å²) >= 11 is 0. The normalized spacial score (nSPS) is 12.5. The summed E-state index contributed by atoms with van der Waals surface area (Å²) < 4.78 is 0. The van der Waals surface area contributed by atoms with E-state index in [-0.39, 0.29) is 0 Å². The number of hydrogen-bond donors (Lipinski definition) is 1. The Bertz CT molecular complexity index is 804. The van der Waals surface area contributed by atoms with Gasteiger partial charge in [-0.1, -0.05) is 0 Å². The molecule has 0 aromatic heterocycles. The second kappa shape index (κ2) is 8.42. The van der Waals surface area contributed by atoms with Crippen molar-refractivity contribution in [3.8, 4) is 0 Å². The zero-order valence-corrected chi connectivity index (χ0v) is 15.3. The standard InChI is InChI=1S/C23H21O2P/c24-23(25)18-10-11-19-26(20-12-4-1-5-13-20,21-14-6-2-7-15-21)22-16-8-3-9-17-22/h1-19,26H,(H,24,25). The zero-order chi connectivity index (χ0) is 18.2.